The first-order valence-corrected chi connectivity index (χ1v) is 6.40. The number of ether oxygens (including phenoxy) is 3. The Morgan fingerprint density at radius 1 is 0.889 bits per heavy atom. The summed E-state index contributed by atoms with van der Waals surface area (Å²) in [5, 5.41) is 2.29. The van der Waals surface area contributed by atoms with E-state index in [4.69, 9.17) is 14.2 Å². The number of nitroso groups, excluding NO2 is 1. The zero-order valence-corrected chi connectivity index (χ0v) is 11.1. The molecule has 0 aliphatic rings. The third-order valence-corrected chi connectivity index (χ3v) is 2.17. The van der Waals surface area contributed by atoms with Crippen molar-refractivity contribution < 1.29 is 19.0 Å². The smallest absolute Gasteiger partial charge is 0.286 e. The zero-order chi connectivity index (χ0) is 13.5. The molecule has 0 aliphatic heterocycles. The summed E-state index contributed by atoms with van der Waals surface area (Å²) >= 11 is 0. The van der Waals surface area contributed by atoms with E-state index in [9.17, 15) is 9.70 Å². The van der Waals surface area contributed by atoms with Crippen molar-refractivity contribution >= 4 is 5.91 Å². The molecule has 0 unspecified atom stereocenters. The quantitative estimate of drug-likeness (QED) is 0.374. The number of rotatable bonds is 13. The molecule has 6 heteroatoms. The number of amides is 1. The topological polar surface area (TPSA) is 74.2 Å². The van der Waals surface area contributed by atoms with Crippen molar-refractivity contribution in [3.05, 3.63) is 4.91 Å². The van der Waals surface area contributed by atoms with Gasteiger partial charge in [-0.25, -0.2) is 0 Å². The van der Waals surface area contributed by atoms with Crippen LogP contribution in [0.25, 0.3) is 0 Å². The van der Waals surface area contributed by atoms with Gasteiger partial charge in [0.1, 0.15) is 0 Å². The fourth-order valence-electron chi connectivity index (χ4n) is 1.16. The number of unbranched alkanes of at least 4 members (excludes halogenated alkanes) is 1. The lowest BCUT2D eigenvalue weighted by atomic mass is 10.3. The molecule has 6 nitrogen and oxygen atoms in total. The molecule has 0 radical (unpaired) electrons. The molecule has 0 aromatic carbocycles. The van der Waals surface area contributed by atoms with Crippen molar-refractivity contribution in [2.75, 3.05) is 39.6 Å². The highest BCUT2D eigenvalue weighted by Gasteiger charge is 1.99. The monoisotopic (exact) mass is 261 g/mol. The molecule has 0 fully saturated rings. The van der Waals surface area contributed by atoms with Crippen LogP contribution in [0.15, 0.2) is 5.18 Å². The Bertz CT molecular complexity index is 211. The predicted molar refractivity (Wildman–Crippen MR) is 67.4 cm³/mol. The van der Waals surface area contributed by atoms with Crippen LogP contribution in [0.1, 0.15) is 32.6 Å². The standard InChI is InChI=1S/C12H23NO5/c1-2-3-6-16-8-10-18-11-9-17-7-4-5-12(14)13-15/h2-11H2,1H3. The number of carbonyl (C=O) groups is 1. The Balaban J connectivity index is 2.98. The first kappa shape index (κ1) is 17.2. The second-order valence-electron chi connectivity index (χ2n) is 3.78. The zero-order valence-electron chi connectivity index (χ0n) is 11.1. The van der Waals surface area contributed by atoms with E-state index >= 15 is 0 Å². The van der Waals surface area contributed by atoms with E-state index in [1.54, 1.807) is 0 Å². The van der Waals surface area contributed by atoms with Gasteiger partial charge in [-0.2, -0.15) is 0 Å². The fourth-order valence-corrected chi connectivity index (χ4v) is 1.16. The first-order valence-electron chi connectivity index (χ1n) is 6.40. The van der Waals surface area contributed by atoms with Crippen molar-refractivity contribution in [2.24, 2.45) is 5.18 Å². The number of hydrogen-bond donors (Lipinski definition) is 0. The summed E-state index contributed by atoms with van der Waals surface area (Å²) in [6.07, 6.45) is 2.88. The Morgan fingerprint density at radius 3 is 1.89 bits per heavy atom. The molecule has 0 bridgehead atoms. The van der Waals surface area contributed by atoms with Crippen LogP contribution in [0.4, 0.5) is 0 Å². The molecule has 0 atom stereocenters. The van der Waals surface area contributed by atoms with Crippen LogP contribution in [-0.4, -0.2) is 45.5 Å². The minimum absolute atomic E-state index is 0.148. The molecule has 1 amide bonds. The van der Waals surface area contributed by atoms with Crippen LogP contribution in [0.5, 0.6) is 0 Å². The van der Waals surface area contributed by atoms with Gasteiger partial charge in [0.25, 0.3) is 5.91 Å². The summed E-state index contributed by atoms with van der Waals surface area (Å²) in [6.45, 7) is 5.53. The molecule has 0 saturated carbocycles. The lowest BCUT2D eigenvalue weighted by Gasteiger charge is -2.06. The van der Waals surface area contributed by atoms with Crippen molar-refractivity contribution in [2.45, 2.75) is 32.6 Å². The van der Waals surface area contributed by atoms with E-state index in [2.05, 4.69) is 12.1 Å². The van der Waals surface area contributed by atoms with Gasteiger partial charge in [0, 0.05) is 24.8 Å². The molecular formula is C12H23NO5. The van der Waals surface area contributed by atoms with Gasteiger partial charge in [-0.3, -0.25) is 4.79 Å². The van der Waals surface area contributed by atoms with E-state index in [0.29, 0.717) is 39.5 Å². The van der Waals surface area contributed by atoms with Crippen LogP contribution in [0.2, 0.25) is 0 Å². The average molecular weight is 261 g/mol. The predicted octanol–water partition coefficient (Wildman–Crippen LogP) is 1.91. The van der Waals surface area contributed by atoms with E-state index in [0.717, 1.165) is 19.4 Å². The molecule has 0 spiro atoms. The van der Waals surface area contributed by atoms with Crippen LogP contribution in [0.3, 0.4) is 0 Å². The number of nitrogens with zero attached hydrogens (tertiary/aromatic N) is 1. The van der Waals surface area contributed by atoms with Crippen molar-refractivity contribution in [1.29, 1.82) is 0 Å². The molecule has 18 heavy (non-hydrogen) atoms. The molecular weight excluding hydrogens is 238 g/mol. The second kappa shape index (κ2) is 14.2. The lowest BCUT2D eigenvalue weighted by Crippen LogP contribution is -2.10. The number of hydrogen-bond acceptors (Lipinski definition) is 5. The largest absolute Gasteiger partial charge is 0.379 e. The SMILES string of the molecule is CCCCOCCOCCOCCCC(=O)N=O. The van der Waals surface area contributed by atoms with E-state index < -0.39 is 5.91 Å². The van der Waals surface area contributed by atoms with Gasteiger partial charge in [-0.15, -0.1) is 4.91 Å². The van der Waals surface area contributed by atoms with E-state index in [1.807, 2.05) is 0 Å². The van der Waals surface area contributed by atoms with Gasteiger partial charge in [0.15, 0.2) is 0 Å². The second-order valence-corrected chi connectivity index (χ2v) is 3.78. The summed E-state index contributed by atoms with van der Waals surface area (Å²) in [5.74, 6) is -0.626. The normalized spacial score (nSPS) is 10.5. The van der Waals surface area contributed by atoms with Crippen LogP contribution in [0, 0.1) is 4.91 Å². The number of carbonyl (C=O) groups excluding carboxylic acids is 1. The van der Waals surface area contributed by atoms with Crippen LogP contribution in [-0.2, 0) is 19.0 Å². The van der Waals surface area contributed by atoms with E-state index in [1.165, 1.54) is 0 Å². The molecule has 0 saturated heterocycles. The first-order chi connectivity index (χ1) is 8.81. The maximum atomic E-state index is 10.5. The van der Waals surface area contributed by atoms with Gasteiger partial charge in [0.05, 0.1) is 26.4 Å². The summed E-state index contributed by atoms with van der Waals surface area (Å²) in [6, 6.07) is 0. The molecule has 0 aliphatic carbocycles. The summed E-state index contributed by atoms with van der Waals surface area (Å²) in [4.78, 5) is 20.3. The van der Waals surface area contributed by atoms with Gasteiger partial charge < -0.3 is 14.2 Å². The van der Waals surface area contributed by atoms with Gasteiger partial charge >= 0.3 is 0 Å². The highest BCUT2D eigenvalue weighted by Crippen LogP contribution is 1.93. The van der Waals surface area contributed by atoms with Crippen LogP contribution >= 0.6 is 0 Å². The van der Waals surface area contributed by atoms with Crippen molar-refractivity contribution in [3.8, 4) is 0 Å². The Kier molecular flexibility index (Phi) is 13.5. The summed E-state index contributed by atoms with van der Waals surface area (Å²) in [7, 11) is 0. The molecule has 0 heterocycles. The maximum Gasteiger partial charge on any atom is 0.286 e. The molecule has 0 aromatic heterocycles. The summed E-state index contributed by atoms with van der Waals surface area (Å²) in [5.41, 5.74) is 0. The minimum Gasteiger partial charge on any atom is -0.379 e. The highest BCUT2D eigenvalue weighted by atomic mass is 16.5. The Morgan fingerprint density at radius 2 is 1.39 bits per heavy atom. The third-order valence-electron chi connectivity index (χ3n) is 2.17. The lowest BCUT2D eigenvalue weighted by molar-refractivity contribution is -0.118. The minimum atomic E-state index is -0.626. The molecule has 0 rings (SSSR count). The van der Waals surface area contributed by atoms with Crippen LogP contribution < -0.4 is 0 Å². The van der Waals surface area contributed by atoms with Crippen molar-refractivity contribution in [1.82, 2.24) is 0 Å². The van der Waals surface area contributed by atoms with Gasteiger partial charge in [-0.1, -0.05) is 13.3 Å². The molecule has 0 N–H and O–H groups in total. The van der Waals surface area contributed by atoms with Gasteiger partial charge in [0.2, 0.25) is 0 Å². The van der Waals surface area contributed by atoms with Crippen molar-refractivity contribution in [3.63, 3.8) is 0 Å². The highest BCUT2D eigenvalue weighted by molar-refractivity contribution is 5.76. The molecule has 0 aromatic rings. The fraction of sp³-hybridized carbons (Fsp3) is 0.917. The molecule has 106 valence electrons. The average Bonchev–Trinajstić information content (AvgIpc) is 2.39. The summed E-state index contributed by atoms with van der Waals surface area (Å²) < 4.78 is 15.8. The Labute approximate surface area is 108 Å². The maximum absolute atomic E-state index is 10.5. The van der Waals surface area contributed by atoms with Gasteiger partial charge in [-0.05, 0) is 12.8 Å². The third kappa shape index (κ3) is 13.2. The van der Waals surface area contributed by atoms with E-state index in [-0.39, 0.29) is 6.42 Å². The Hall–Kier alpha value is -0.850.